The van der Waals surface area contributed by atoms with Crippen molar-refractivity contribution in [2.75, 3.05) is 0 Å². The van der Waals surface area contributed by atoms with E-state index >= 15 is 0 Å². The van der Waals surface area contributed by atoms with Crippen LogP contribution in [0.1, 0.15) is 5.56 Å². The van der Waals surface area contributed by atoms with Crippen LogP contribution in [-0.4, -0.2) is 23.8 Å². The molecule has 1 rings (SSSR count). The number of benzene rings is 1. The predicted octanol–water partition coefficient (Wildman–Crippen LogP) is 3.58. The van der Waals surface area contributed by atoms with Crippen LogP contribution in [0.5, 0.6) is 0 Å². The molecule has 1 aromatic carbocycles. The van der Waals surface area contributed by atoms with Crippen LogP contribution < -0.4 is 5.11 Å². The van der Waals surface area contributed by atoms with Gasteiger partial charge < -0.3 is 5.11 Å². The van der Waals surface area contributed by atoms with Gasteiger partial charge in [0.15, 0.2) is 0 Å². The monoisotopic (exact) mass is 367 g/mol. The molecule has 0 saturated heterocycles. The summed E-state index contributed by atoms with van der Waals surface area (Å²) in [6, 6.07) is 1.88. The maximum Gasteiger partial charge on any atom is 0.439 e. The third-order valence-corrected chi connectivity index (χ3v) is 2.89. The van der Waals surface area contributed by atoms with Crippen LogP contribution in [-0.2, 0) is 4.79 Å². The third kappa shape index (κ3) is 3.57. The van der Waals surface area contributed by atoms with Crippen LogP contribution in [0, 0.1) is 5.82 Å². The van der Waals surface area contributed by atoms with Crippen LogP contribution >= 0.6 is 11.6 Å². The summed E-state index contributed by atoms with van der Waals surface area (Å²) in [5.74, 6) is -6.13. The number of ketones is 1. The van der Waals surface area contributed by atoms with E-state index in [1.807, 2.05) is 0 Å². The molecule has 0 atom stereocenters. The lowest BCUT2D eigenvalue weighted by Gasteiger charge is -2.28. The smallest absolute Gasteiger partial charge is 0.439 e. The summed E-state index contributed by atoms with van der Waals surface area (Å²) in [5.41, 5.74) is -7.03. The van der Waals surface area contributed by atoms with Gasteiger partial charge in [-0.05, 0) is 23.8 Å². The SMILES string of the molecule is O=C(/C=C(\[O-])c1ccc(Cl)c(F)c1)C(F)(C(F)(F)F)C(F)(F)F. The predicted molar refractivity (Wildman–Crippen MR) is 60.3 cm³/mol. The molecule has 0 aromatic heterocycles. The van der Waals surface area contributed by atoms with Crippen molar-refractivity contribution in [3.63, 3.8) is 0 Å². The largest absolute Gasteiger partial charge is 0.872 e. The highest BCUT2D eigenvalue weighted by molar-refractivity contribution is 6.30. The fourth-order valence-corrected chi connectivity index (χ4v) is 1.51. The van der Waals surface area contributed by atoms with E-state index in [9.17, 15) is 45.0 Å². The molecular weight excluding hydrogens is 364 g/mol. The Labute approximate surface area is 128 Å². The van der Waals surface area contributed by atoms with Gasteiger partial charge in [-0.15, -0.1) is 0 Å². The van der Waals surface area contributed by atoms with Gasteiger partial charge >= 0.3 is 18.0 Å². The number of alkyl halides is 7. The van der Waals surface area contributed by atoms with E-state index in [2.05, 4.69) is 0 Å². The van der Waals surface area contributed by atoms with Gasteiger partial charge in [0.2, 0.25) is 5.78 Å². The number of rotatable bonds is 3. The Morgan fingerprint density at radius 2 is 1.52 bits per heavy atom. The Morgan fingerprint density at radius 3 is 1.91 bits per heavy atom. The molecule has 0 heterocycles. The summed E-state index contributed by atoms with van der Waals surface area (Å²) in [6.07, 6.45) is -14.0. The van der Waals surface area contributed by atoms with Gasteiger partial charge in [0.05, 0.1) is 5.02 Å². The molecule has 0 saturated carbocycles. The Hall–Kier alpha value is -1.84. The van der Waals surface area contributed by atoms with Crippen LogP contribution in [0.3, 0.4) is 0 Å². The lowest BCUT2D eigenvalue weighted by molar-refractivity contribution is -0.323. The van der Waals surface area contributed by atoms with Crippen molar-refractivity contribution < 1.29 is 45.0 Å². The molecule has 0 aliphatic rings. The topological polar surface area (TPSA) is 40.1 Å². The minimum atomic E-state index is -6.63. The van der Waals surface area contributed by atoms with Crippen LogP contribution in [0.25, 0.3) is 5.76 Å². The van der Waals surface area contributed by atoms with Crippen molar-refractivity contribution >= 4 is 23.1 Å². The number of carbonyl (C=O) groups is 1. The van der Waals surface area contributed by atoms with Crippen molar-refractivity contribution in [2.24, 2.45) is 0 Å². The summed E-state index contributed by atoms with van der Waals surface area (Å²) in [4.78, 5) is 11.1. The van der Waals surface area contributed by atoms with E-state index in [-0.39, 0.29) is 0 Å². The Kier molecular flexibility index (Phi) is 5.00. The highest BCUT2D eigenvalue weighted by atomic mass is 35.5. The maximum atomic E-state index is 13.3. The van der Waals surface area contributed by atoms with Crippen LogP contribution in [0.4, 0.5) is 35.1 Å². The average molecular weight is 368 g/mol. The summed E-state index contributed by atoms with van der Waals surface area (Å²) >= 11 is 5.26. The fraction of sp³-hybridized carbons (Fsp3) is 0.250. The second-order valence-electron chi connectivity index (χ2n) is 4.16. The molecular formula is C12H4ClF8O2-. The molecule has 0 bridgehead atoms. The Bertz CT molecular complexity index is 633. The van der Waals surface area contributed by atoms with Crippen LogP contribution in [0.2, 0.25) is 5.02 Å². The molecule has 0 aliphatic heterocycles. The van der Waals surface area contributed by atoms with Gasteiger partial charge in [0, 0.05) is 0 Å². The first-order chi connectivity index (χ1) is 10.2. The van der Waals surface area contributed by atoms with Gasteiger partial charge in [0.25, 0.3) is 0 Å². The van der Waals surface area contributed by atoms with E-state index in [0.29, 0.717) is 6.07 Å². The summed E-state index contributed by atoms with van der Waals surface area (Å²) in [7, 11) is 0. The second kappa shape index (κ2) is 5.99. The zero-order valence-electron chi connectivity index (χ0n) is 10.5. The molecule has 0 fully saturated rings. The molecule has 11 heteroatoms. The first kappa shape index (κ1) is 19.2. The Balaban J connectivity index is 3.33. The average Bonchev–Trinajstić information content (AvgIpc) is 2.37. The molecule has 0 N–H and O–H groups in total. The van der Waals surface area contributed by atoms with Crippen molar-refractivity contribution in [3.05, 3.63) is 40.7 Å². The number of halogens is 9. The molecule has 23 heavy (non-hydrogen) atoms. The first-order valence-corrected chi connectivity index (χ1v) is 5.80. The fourth-order valence-electron chi connectivity index (χ4n) is 1.39. The van der Waals surface area contributed by atoms with Crippen molar-refractivity contribution in [2.45, 2.75) is 18.0 Å². The normalized spacial score (nSPS) is 14.0. The van der Waals surface area contributed by atoms with E-state index in [0.717, 1.165) is 12.1 Å². The van der Waals surface area contributed by atoms with Gasteiger partial charge in [-0.2, -0.15) is 26.3 Å². The molecule has 1 aromatic rings. The van der Waals surface area contributed by atoms with Crippen LogP contribution in [0.15, 0.2) is 24.3 Å². The van der Waals surface area contributed by atoms with E-state index in [1.165, 1.54) is 0 Å². The van der Waals surface area contributed by atoms with Crippen molar-refractivity contribution in [3.8, 4) is 0 Å². The molecule has 0 amide bonds. The Morgan fingerprint density at radius 1 is 1.04 bits per heavy atom. The summed E-state index contributed by atoms with van der Waals surface area (Å²) in [6.45, 7) is 0. The van der Waals surface area contributed by atoms with Crippen molar-refractivity contribution in [1.82, 2.24) is 0 Å². The number of hydrogen-bond acceptors (Lipinski definition) is 2. The van der Waals surface area contributed by atoms with Gasteiger partial charge in [-0.25, -0.2) is 8.78 Å². The van der Waals surface area contributed by atoms with Gasteiger partial charge in [0.1, 0.15) is 5.82 Å². The third-order valence-electron chi connectivity index (χ3n) is 2.59. The molecule has 0 radical (unpaired) electrons. The van der Waals surface area contributed by atoms with Gasteiger partial charge in [-0.1, -0.05) is 23.4 Å². The molecule has 0 aliphatic carbocycles. The minimum Gasteiger partial charge on any atom is -0.872 e. The van der Waals surface area contributed by atoms with E-state index in [1.54, 1.807) is 0 Å². The second-order valence-corrected chi connectivity index (χ2v) is 4.56. The maximum absolute atomic E-state index is 13.3. The lowest BCUT2D eigenvalue weighted by Crippen LogP contribution is -2.58. The highest BCUT2D eigenvalue weighted by Crippen LogP contribution is 2.47. The minimum absolute atomic E-state index is 0.371. The zero-order valence-corrected chi connectivity index (χ0v) is 11.3. The number of hydrogen-bond donors (Lipinski definition) is 0. The standard InChI is InChI=1S/C12H5ClF8O2/c13-6-2-1-5(3-7(6)14)8(22)4-9(23)10(15,11(16,17)18)12(19,20)21/h1-4,22H/p-1/b8-4-. The summed E-state index contributed by atoms with van der Waals surface area (Å²) in [5, 5.41) is 10.9. The molecule has 0 unspecified atom stereocenters. The summed E-state index contributed by atoms with van der Waals surface area (Å²) < 4.78 is 100. The lowest BCUT2D eigenvalue weighted by atomic mass is 9.97. The van der Waals surface area contributed by atoms with E-state index in [4.69, 9.17) is 11.6 Å². The number of allylic oxidation sites excluding steroid dienone is 1. The molecule has 2 nitrogen and oxygen atoms in total. The molecule has 128 valence electrons. The number of carbonyl (C=O) groups excluding carboxylic acids is 1. The first-order valence-electron chi connectivity index (χ1n) is 5.42. The van der Waals surface area contributed by atoms with Crippen molar-refractivity contribution in [1.29, 1.82) is 0 Å². The van der Waals surface area contributed by atoms with E-state index < -0.39 is 52.0 Å². The highest BCUT2D eigenvalue weighted by Gasteiger charge is 2.76. The quantitative estimate of drug-likeness (QED) is 0.465. The van der Waals surface area contributed by atoms with Gasteiger partial charge in [-0.3, -0.25) is 4.79 Å². The zero-order chi connectivity index (χ0) is 18.2. The molecule has 0 spiro atoms.